The number of hydrogen-bond donors (Lipinski definition) is 14. The van der Waals surface area contributed by atoms with Gasteiger partial charge in [-0.3, -0.25) is 0 Å². The zero-order valence-electron chi connectivity index (χ0n) is 44.7. The molecule has 4 heterocycles. The second kappa shape index (κ2) is 22.7. The van der Waals surface area contributed by atoms with Crippen molar-refractivity contribution in [3.63, 3.8) is 0 Å². The molecule has 0 aromatic carbocycles. The van der Waals surface area contributed by atoms with Crippen molar-refractivity contribution >= 4 is 0 Å². The second-order valence-corrected chi connectivity index (χ2v) is 25.3. The number of aliphatic hydroxyl groups is 14. The Bertz CT molecular complexity index is 1940. The molecule has 0 bridgehead atoms. The van der Waals surface area contributed by atoms with Crippen LogP contribution < -0.4 is 0 Å². The Hall–Kier alpha value is -1.14. The van der Waals surface area contributed by atoms with Crippen molar-refractivity contribution in [3.05, 3.63) is 11.6 Å². The maximum Gasteiger partial charge on any atom is 0.187 e. The van der Waals surface area contributed by atoms with Crippen molar-refractivity contribution < 1.29 is 109 Å². The highest BCUT2D eigenvalue weighted by atomic mass is 16.8. The molecule has 8 fully saturated rings. The monoisotopic (exact) mass is 1080 g/mol. The van der Waals surface area contributed by atoms with Crippen LogP contribution in [-0.4, -0.2) is 232 Å². The highest BCUT2D eigenvalue weighted by molar-refractivity contribution is 5.20. The summed E-state index contributed by atoms with van der Waals surface area (Å²) >= 11 is 0. The summed E-state index contributed by atoms with van der Waals surface area (Å²) in [7, 11) is 0. The first kappa shape index (κ1) is 60.0. The number of ether oxygens (including phenoxy) is 8. The van der Waals surface area contributed by atoms with E-state index in [1.54, 1.807) is 0 Å². The lowest BCUT2D eigenvalue weighted by molar-refractivity contribution is -0.378. The summed E-state index contributed by atoms with van der Waals surface area (Å²) in [5.74, 6) is -0.394. The molecule has 22 nitrogen and oxygen atoms in total. The average Bonchev–Trinajstić information content (AvgIpc) is 3.89. The van der Waals surface area contributed by atoms with Crippen LogP contribution in [-0.2, 0) is 37.9 Å². The Balaban J connectivity index is 1.01. The third-order valence-corrected chi connectivity index (χ3v) is 20.5. The highest BCUT2D eigenvalue weighted by Crippen LogP contribution is 2.76. The van der Waals surface area contributed by atoms with Gasteiger partial charge in [0.05, 0.1) is 44.2 Å². The van der Waals surface area contributed by atoms with E-state index in [2.05, 4.69) is 40.7 Å². The molecule has 0 amide bonds. The summed E-state index contributed by atoms with van der Waals surface area (Å²) in [6.07, 6.45) is -22.1. The predicted octanol–water partition coefficient (Wildman–Crippen LogP) is -1.56. The smallest absolute Gasteiger partial charge is 0.187 e. The minimum atomic E-state index is -1.81. The van der Waals surface area contributed by atoms with Crippen molar-refractivity contribution in [1.29, 1.82) is 0 Å². The van der Waals surface area contributed by atoms with Gasteiger partial charge in [0.1, 0.15) is 91.6 Å². The van der Waals surface area contributed by atoms with Gasteiger partial charge in [0.15, 0.2) is 25.2 Å². The van der Waals surface area contributed by atoms with Crippen LogP contribution in [0.5, 0.6) is 0 Å². The van der Waals surface area contributed by atoms with E-state index in [1.807, 2.05) is 20.8 Å². The van der Waals surface area contributed by atoms with Crippen LogP contribution in [0, 0.1) is 45.3 Å². The summed E-state index contributed by atoms with van der Waals surface area (Å²) in [5.41, 5.74) is -1.47. The Labute approximate surface area is 439 Å². The van der Waals surface area contributed by atoms with Crippen LogP contribution in [0.1, 0.15) is 113 Å². The van der Waals surface area contributed by atoms with Crippen molar-refractivity contribution in [2.75, 3.05) is 26.4 Å². The third kappa shape index (κ3) is 10.5. The Kier molecular flexibility index (Phi) is 18.1. The first-order valence-corrected chi connectivity index (χ1v) is 27.3. The molecule has 4 aliphatic carbocycles. The minimum absolute atomic E-state index is 0.0508. The summed E-state index contributed by atoms with van der Waals surface area (Å²) in [4.78, 5) is 0. The molecule has 0 unspecified atom stereocenters. The SMILES string of the molecule is CC(C)=CCC[C@](C)(O[C@@H]1O[C@H](CO[C@@H]2O[C@@H](CO)[C@H](O)[C@H]2O)[C@@H](O)[C@H](O)[C@H]1O)[C@H]1CC[C@]2(C)[C@@H]1[C@H](O)C[C@@H]1[C@@]3(C)CC[C@H](O[C@@H]4O[C@H](CO)[C@@H](O)[C@H](O)[C@H]4O[C@@H]4O[C@H](CO)[C@@H](O)[C@H](O)[C@H]4O)C(C)(C)[C@H]3CC[C@]12C. The molecular formula is C53H90O22. The maximum atomic E-state index is 12.8. The normalized spacial score (nSPS) is 52.6. The standard InChI is InChI=1S/C53H90O22/c1-23(2)10-9-14-53(8,75-47-43(67)39(63)37(61)29(72-47)22-68-45-41(65)36(60)28(21-56)69-45)24-11-16-52(7)33(24)25(57)18-31-50(5)15-13-32(49(3,4)30(50)12-17-51(31,52)6)73-48-44(40(64)35(59)27(20-55)71-48)74-46-42(66)38(62)34(58)26(19-54)70-46/h10,24-48,54-67H,9,11-22H2,1-8H3/t24-,25+,26+,27+,28-,29+,30+,31+,32-,33-,34+,35+,36-,37+,38-,39-,40-,41+,42+,43+,44+,45+,46-,47-,48-,50-,51+,52+,53-/m0/s1. The largest absolute Gasteiger partial charge is 0.394 e. The molecule has 0 spiro atoms. The number of fused-ring (bicyclic) bond motifs is 5. The predicted molar refractivity (Wildman–Crippen MR) is 260 cm³/mol. The quantitative estimate of drug-likeness (QED) is 0.0614. The average molecular weight is 1080 g/mol. The van der Waals surface area contributed by atoms with Crippen molar-refractivity contribution in [2.24, 2.45) is 45.3 Å². The lowest BCUT2D eigenvalue weighted by Crippen LogP contribution is -2.68. The van der Waals surface area contributed by atoms with Gasteiger partial charge in [0.2, 0.25) is 0 Å². The van der Waals surface area contributed by atoms with E-state index >= 15 is 0 Å². The topological polar surface area (TPSA) is 357 Å². The molecule has 0 radical (unpaired) electrons. The van der Waals surface area contributed by atoms with Gasteiger partial charge in [-0.25, -0.2) is 0 Å². The molecular weight excluding hydrogens is 989 g/mol. The molecule has 22 heteroatoms. The molecule has 434 valence electrons. The van der Waals surface area contributed by atoms with Crippen molar-refractivity contribution in [3.8, 4) is 0 Å². The molecule has 0 aromatic heterocycles. The molecule has 8 rings (SSSR count). The zero-order chi connectivity index (χ0) is 55.1. The van der Waals surface area contributed by atoms with Gasteiger partial charge >= 0.3 is 0 Å². The zero-order valence-corrected chi connectivity index (χ0v) is 44.7. The molecule has 29 atom stereocenters. The highest BCUT2D eigenvalue weighted by Gasteiger charge is 2.72. The maximum absolute atomic E-state index is 12.8. The molecule has 14 N–H and O–H groups in total. The number of aliphatic hydroxyl groups excluding tert-OH is 14. The van der Waals surface area contributed by atoms with Gasteiger partial charge in [-0.05, 0) is 124 Å². The van der Waals surface area contributed by atoms with Crippen LogP contribution in [0.25, 0.3) is 0 Å². The molecule has 4 saturated heterocycles. The Morgan fingerprint density at radius 3 is 1.69 bits per heavy atom. The van der Waals surface area contributed by atoms with E-state index in [4.69, 9.17) is 37.9 Å². The molecule has 75 heavy (non-hydrogen) atoms. The summed E-state index contributed by atoms with van der Waals surface area (Å²) in [5, 5.41) is 151. The van der Waals surface area contributed by atoms with Crippen LogP contribution >= 0.6 is 0 Å². The Morgan fingerprint density at radius 2 is 1.08 bits per heavy atom. The molecule has 4 saturated carbocycles. The van der Waals surface area contributed by atoms with E-state index < -0.39 is 172 Å². The minimum Gasteiger partial charge on any atom is -0.394 e. The van der Waals surface area contributed by atoms with Crippen molar-refractivity contribution in [2.45, 2.75) is 248 Å². The lowest BCUT2D eigenvalue weighted by Gasteiger charge is -2.71. The van der Waals surface area contributed by atoms with Gasteiger partial charge in [-0.15, -0.1) is 0 Å². The second-order valence-electron chi connectivity index (χ2n) is 25.3. The Morgan fingerprint density at radius 1 is 0.560 bits per heavy atom. The van der Waals surface area contributed by atoms with Gasteiger partial charge in [-0.2, -0.15) is 0 Å². The van der Waals surface area contributed by atoms with Crippen LogP contribution in [0.15, 0.2) is 11.6 Å². The van der Waals surface area contributed by atoms with Crippen LogP contribution in [0.2, 0.25) is 0 Å². The fourth-order valence-electron chi connectivity index (χ4n) is 16.1. The van der Waals surface area contributed by atoms with E-state index in [-0.39, 0.29) is 34.5 Å². The van der Waals surface area contributed by atoms with Gasteiger partial charge in [-0.1, -0.05) is 46.3 Å². The van der Waals surface area contributed by atoms with Crippen molar-refractivity contribution in [1.82, 2.24) is 0 Å². The summed E-state index contributed by atoms with van der Waals surface area (Å²) in [6, 6.07) is 0. The first-order valence-electron chi connectivity index (χ1n) is 27.3. The fraction of sp³-hybridized carbons (Fsp3) is 0.962. The molecule has 8 aliphatic rings. The lowest BCUT2D eigenvalue weighted by atomic mass is 9.35. The molecule has 0 aromatic rings. The van der Waals surface area contributed by atoms with Crippen LogP contribution in [0.3, 0.4) is 0 Å². The number of rotatable bonds is 16. The van der Waals surface area contributed by atoms with E-state index in [1.165, 1.54) is 0 Å². The number of hydrogen-bond acceptors (Lipinski definition) is 22. The van der Waals surface area contributed by atoms with E-state index in [9.17, 15) is 71.5 Å². The van der Waals surface area contributed by atoms with E-state index in [0.29, 0.717) is 38.5 Å². The number of allylic oxidation sites excluding steroid dienone is 2. The first-order chi connectivity index (χ1) is 35.1. The van der Waals surface area contributed by atoms with Gasteiger partial charge < -0.3 is 109 Å². The third-order valence-electron chi connectivity index (χ3n) is 20.5. The summed E-state index contributed by atoms with van der Waals surface area (Å²) in [6.45, 7) is 14.9. The van der Waals surface area contributed by atoms with Gasteiger partial charge in [0, 0.05) is 0 Å². The van der Waals surface area contributed by atoms with Crippen LogP contribution in [0.4, 0.5) is 0 Å². The summed E-state index contributed by atoms with van der Waals surface area (Å²) < 4.78 is 48.9. The van der Waals surface area contributed by atoms with E-state index in [0.717, 1.165) is 24.8 Å². The van der Waals surface area contributed by atoms with Gasteiger partial charge in [0.25, 0.3) is 0 Å². The fourth-order valence-corrected chi connectivity index (χ4v) is 16.1. The molecule has 4 aliphatic heterocycles.